The predicted octanol–water partition coefficient (Wildman–Crippen LogP) is 4.38. The van der Waals surface area contributed by atoms with Gasteiger partial charge in [0, 0.05) is 24.9 Å². The van der Waals surface area contributed by atoms with Crippen LogP contribution in [0.1, 0.15) is 73.6 Å². The average Bonchev–Trinajstić information content (AvgIpc) is 3.81. The van der Waals surface area contributed by atoms with E-state index in [0.717, 1.165) is 12.0 Å². The largest absolute Gasteiger partial charge is 0.467 e. The van der Waals surface area contributed by atoms with Crippen LogP contribution in [0.4, 0.5) is 4.79 Å². The number of rotatable bonds is 8. The fourth-order valence-corrected chi connectivity index (χ4v) is 6.49. The third-order valence-electron chi connectivity index (χ3n) is 7.54. The van der Waals surface area contributed by atoms with Gasteiger partial charge in [-0.25, -0.2) is 19.6 Å². The number of nitrogens with one attached hydrogen (secondary N) is 1. The van der Waals surface area contributed by atoms with Crippen LogP contribution >= 0.6 is 11.3 Å². The van der Waals surface area contributed by atoms with Crippen LogP contribution in [0, 0.1) is 0 Å². The van der Waals surface area contributed by atoms with Gasteiger partial charge < -0.3 is 29.0 Å². The maximum Gasteiger partial charge on any atom is 0.408 e. The molecule has 1 aromatic carbocycles. The molecule has 12 nitrogen and oxygen atoms in total. The van der Waals surface area contributed by atoms with Gasteiger partial charge in [-0.3, -0.25) is 9.59 Å². The van der Waals surface area contributed by atoms with E-state index in [1.165, 1.54) is 29.6 Å². The Bertz CT molecular complexity index is 1500. The van der Waals surface area contributed by atoms with Crippen LogP contribution in [0.2, 0.25) is 0 Å². The maximum atomic E-state index is 13.9. The molecule has 2 fully saturated rings. The van der Waals surface area contributed by atoms with Crippen molar-refractivity contribution in [2.45, 2.75) is 76.6 Å². The summed E-state index contributed by atoms with van der Waals surface area (Å²) in [7, 11) is 1.30. The van der Waals surface area contributed by atoms with Gasteiger partial charge in [0.05, 0.1) is 13.2 Å². The van der Waals surface area contributed by atoms with E-state index in [9.17, 15) is 19.2 Å². The topological polar surface area (TPSA) is 144 Å². The molecule has 0 radical (unpaired) electrons. The molecule has 0 spiro atoms. The van der Waals surface area contributed by atoms with E-state index >= 15 is 0 Å². The predicted molar refractivity (Wildman–Crippen MR) is 161 cm³/mol. The quantitative estimate of drug-likeness (QED) is 0.362. The van der Waals surface area contributed by atoms with E-state index in [1.54, 1.807) is 31.1 Å². The fraction of sp³-hybridized carbons (Fsp3) is 0.484. The molecule has 0 bridgehead atoms. The van der Waals surface area contributed by atoms with Crippen molar-refractivity contribution in [1.82, 2.24) is 25.1 Å². The molecule has 3 amide bonds. The third kappa shape index (κ3) is 7.09. The molecular formula is C31H37N5O7S. The lowest BCUT2D eigenvalue weighted by molar-refractivity contribution is -0.145. The first-order valence-corrected chi connectivity index (χ1v) is 15.6. The molecule has 2 aliphatic heterocycles. The first kappa shape index (κ1) is 31.2. The number of oxazole rings is 1. The average molecular weight is 624 g/mol. The zero-order valence-corrected chi connectivity index (χ0v) is 26.1. The van der Waals surface area contributed by atoms with Gasteiger partial charge in [0.1, 0.15) is 34.6 Å². The highest BCUT2D eigenvalue weighted by atomic mass is 32.1. The van der Waals surface area contributed by atoms with Gasteiger partial charge in [-0.1, -0.05) is 30.3 Å². The number of nitrogens with zero attached hydrogens (tertiary/aromatic N) is 4. The van der Waals surface area contributed by atoms with E-state index < -0.39 is 35.7 Å². The Kier molecular flexibility index (Phi) is 9.33. The molecule has 13 heteroatoms. The number of esters is 1. The standard InChI is InChI=1S/C31H37N5O7S/c1-31(2,3)43-30(40)34-20(16-19-10-6-5-7-11-19)27(37)35-14-8-12-23(35)26-33-22(18-44-26)25-32-21(17-42-25)28(38)36-15-9-13-24(36)29(39)41-4/h5-7,10-11,17-18,20,23-24H,8-9,12-16H2,1-4H3,(H,34,40)/t20-,23-,24-/m0/s1. The molecule has 0 unspecified atom stereocenters. The molecule has 234 valence electrons. The van der Waals surface area contributed by atoms with Crippen LogP contribution in [0.25, 0.3) is 11.6 Å². The minimum Gasteiger partial charge on any atom is -0.467 e. The number of hydrogen-bond donors (Lipinski definition) is 1. The van der Waals surface area contributed by atoms with Crippen LogP contribution < -0.4 is 5.32 Å². The molecule has 3 atom stereocenters. The lowest BCUT2D eigenvalue weighted by Crippen LogP contribution is -2.50. The van der Waals surface area contributed by atoms with Gasteiger partial charge in [-0.15, -0.1) is 11.3 Å². The molecule has 5 rings (SSSR count). The van der Waals surface area contributed by atoms with Gasteiger partial charge in [-0.2, -0.15) is 0 Å². The van der Waals surface area contributed by atoms with E-state index in [-0.39, 0.29) is 23.5 Å². The Labute approximate surface area is 259 Å². The van der Waals surface area contributed by atoms with Gasteiger partial charge in [0.25, 0.3) is 5.91 Å². The number of ether oxygens (including phenoxy) is 2. The van der Waals surface area contributed by atoms with E-state index in [0.29, 0.717) is 49.5 Å². The van der Waals surface area contributed by atoms with Crippen molar-refractivity contribution in [2.75, 3.05) is 20.2 Å². The summed E-state index contributed by atoms with van der Waals surface area (Å²) >= 11 is 1.38. The molecule has 2 aliphatic rings. The van der Waals surface area contributed by atoms with Crippen LogP contribution in [0.3, 0.4) is 0 Å². The van der Waals surface area contributed by atoms with Crippen LogP contribution in [-0.4, -0.2) is 81.5 Å². The summed E-state index contributed by atoms with van der Waals surface area (Å²) in [6, 6.07) is 7.76. The number of aromatic nitrogens is 2. The zero-order chi connectivity index (χ0) is 31.4. The van der Waals surface area contributed by atoms with Crippen molar-refractivity contribution >= 4 is 35.2 Å². The molecule has 1 N–H and O–H groups in total. The number of methoxy groups -OCH3 is 1. The second kappa shape index (κ2) is 13.2. The lowest BCUT2D eigenvalue weighted by Gasteiger charge is -2.29. The van der Waals surface area contributed by atoms with Crippen LogP contribution in [0.15, 0.2) is 46.4 Å². The van der Waals surface area contributed by atoms with Gasteiger partial charge in [-0.05, 0) is 52.0 Å². The minimum atomic E-state index is -0.827. The van der Waals surface area contributed by atoms with Crippen molar-refractivity contribution in [3.63, 3.8) is 0 Å². The molecule has 2 saturated heterocycles. The number of thiazole rings is 1. The number of carbonyl (C=O) groups is 4. The van der Waals surface area contributed by atoms with Crippen LogP contribution in [0.5, 0.6) is 0 Å². The number of alkyl carbamates (subject to hydrolysis) is 1. The molecule has 3 aromatic rings. The Hall–Kier alpha value is -4.26. The summed E-state index contributed by atoms with van der Waals surface area (Å²) in [6.07, 6.45) is 3.65. The number of amides is 3. The normalized spacial score (nSPS) is 19.1. The van der Waals surface area contributed by atoms with Gasteiger partial charge >= 0.3 is 12.1 Å². The van der Waals surface area contributed by atoms with E-state index in [1.807, 2.05) is 30.3 Å². The SMILES string of the molecule is COC(=O)[C@@H]1CCCN1C(=O)c1coc(-c2csc([C@@H]3CCCN3C(=O)[C@H](Cc3ccccc3)NC(=O)OC(C)(C)C)n2)n1. The number of likely N-dealkylation sites (tertiary alicyclic amines) is 2. The Morgan fingerprint density at radius 1 is 1.07 bits per heavy atom. The summed E-state index contributed by atoms with van der Waals surface area (Å²) in [5.74, 6) is -0.896. The Morgan fingerprint density at radius 2 is 1.80 bits per heavy atom. The minimum absolute atomic E-state index is 0.0833. The zero-order valence-electron chi connectivity index (χ0n) is 25.3. The summed E-state index contributed by atoms with van der Waals surface area (Å²) in [5, 5.41) is 5.28. The third-order valence-corrected chi connectivity index (χ3v) is 8.49. The molecular weight excluding hydrogens is 586 g/mol. The summed E-state index contributed by atoms with van der Waals surface area (Å²) in [6.45, 7) is 6.27. The molecule has 0 aliphatic carbocycles. The smallest absolute Gasteiger partial charge is 0.408 e. The van der Waals surface area contributed by atoms with E-state index in [2.05, 4.69) is 10.3 Å². The first-order valence-electron chi connectivity index (χ1n) is 14.7. The maximum absolute atomic E-state index is 13.9. The van der Waals surface area contributed by atoms with Gasteiger partial charge in [0.15, 0.2) is 5.69 Å². The first-order chi connectivity index (χ1) is 21.0. The van der Waals surface area contributed by atoms with Crippen molar-refractivity contribution in [1.29, 1.82) is 0 Å². The molecule has 44 heavy (non-hydrogen) atoms. The number of benzene rings is 1. The van der Waals surface area contributed by atoms with Crippen molar-refractivity contribution in [3.8, 4) is 11.6 Å². The second-order valence-corrected chi connectivity index (χ2v) is 12.8. The summed E-state index contributed by atoms with van der Waals surface area (Å²) in [5.41, 5.74) is 0.733. The van der Waals surface area contributed by atoms with Crippen molar-refractivity contribution < 1.29 is 33.1 Å². The number of hydrogen-bond acceptors (Lipinski definition) is 10. The van der Waals surface area contributed by atoms with E-state index in [4.69, 9.17) is 18.9 Å². The highest BCUT2D eigenvalue weighted by Crippen LogP contribution is 2.36. The molecule has 2 aromatic heterocycles. The summed E-state index contributed by atoms with van der Waals surface area (Å²) in [4.78, 5) is 64.2. The van der Waals surface area contributed by atoms with Crippen molar-refractivity contribution in [2.24, 2.45) is 0 Å². The van der Waals surface area contributed by atoms with Crippen molar-refractivity contribution in [3.05, 3.63) is 58.2 Å². The molecule has 0 saturated carbocycles. The highest BCUT2D eigenvalue weighted by molar-refractivity contribution is 7.10. The Balaban J connectivity index is 1.31. The van der Waals surface area contributed by atoms with Crippen LogP contribution in [-0.2, 0) is 25.5 Å². The lowest BCUT2D eigenvalue weighted by atomic mass is 10.0. The highest BCUT2D eigenvalue weighted by Gasteiger charge is 2.38. The monoisotopic (exact) mass is 623 g/mol. The molecule has 4 heterocycles. The summed E-state index contributed by atoms with van der Waals surface area (Å²) < 4.78 is 15.9. The number of carbonyl (C=O) groups excluding carboxylic acids is 4. The van der Waals surface area contributed by atoms with Gasteiger partial charge in [0.2, 0.25) is 11.8 Å². The second-order valence-electron chi connectivity index (χ2n) is 11.9. The fourth-order valence-electron chi connectivity index (χ4n) is 5.55. The Morgan fingerprint density at radius 3 is 2.52 bits per heavy atom.